The predicted octanol–water partition coefficient (Wildman–Crippen LogP) is 0.927. The standard InChI is InChI=1S/C11H12F3N3O3S/c1-5(18)8(9(20)17(2)3)21-10-15-6(11(12,13)14)4-7(19)16-10/h4,8H,1-3H3,(H,15,16,19)/t8-/m0/s1. The van der Waals surface area contributed by atoms with Crippen LogP contribution in [-0.4, -0.2) is 45.9 Å². The quantitative estimate of drug-likeness (QED) is 0.506. The number of ketones is 1. The Morgan fingerprint density at radius 2 is 1.95 bits per heavy atom. The van der Waals surface area contributed by atoms with Crippen molar-refractivity contribution in [1.29, 1.82) is 0 Å². The minimum atomic E-state index is -4.79. The Hall–Kier alpha value is -1.84. The van der Waals surface area contributed by atoms with E-state index in [2.05, 4.69) is 9.97 Å². The molecule has 1 amide bonds. The Balaban J connectivity index is 3.16. The number of hydrogen-bond donors (Lipinski definition) is 1. The summed E-state index contributed by atoms with van der Waals surface area (Å²) in [4.78, 5) is 40.9. The first-order chi connectivity index (χ1) is 9.52. The van der Waals surface area contributed by atoms with Crippen LogP contribution in [0.3, 0.4) is 0 Å². The zero-order chi connectivity index (χ0) is 16.4. The molecule has 0 fully saturated rings. The normalized spacial score (nSPS) is 12.9. The van der Waals surface area contributed by atoms with Crippen LogP contribution in [0.5, 0.6) is 0 Å². The molecule has 1 N–H and O–H groups in total. The second-order valence-corrected chi connectivity index (χ2v) is 5.37. The summed E-state index contributed by atoms with van der Waals surface area (Å²) in [6.45, 7) is 1.13. The molecule has 0 aromatic carbocycles. The number of nitrogens with one attached hydrogen (secondary N) is 1. The van der Waals surface area contributed by atoms with Crippen molar-refractivity contribution in [1.82, 2.24) is 14.9 Å². The average molecular weight is 323 g/mol. The number of rotatable bonds is 4. The van der Waals surface area contributed by atoms with Gasteiger partial charge in [0.25, 0.3) is 5.56 Å². The van der Waals surface area contributed by atoms with E-state index in [4.69, 9.17) is 0 Å². The zero-order valence-electron chi connectivity index (χ0n) is 11.3. The van der Waals surface area contributed by atoms with Crippen molar-refractivity contribution in [3.8, 4) is 0 Å². The van der Waals surface area contributed by atoms with Gasteiger partial charge < -0.3 is 9.88 Å². The molecular formula is C11H12F3N3O3S. The molecule has 116 valence electrons. The molecule has 1 aromatic rings. The van der Waals surface area contributed by atoms with E-state index in [9.17, 15) is 27.6 Å². The lowest BCUT2D eigenvalue weighted by atomic mass is 10.3. The Kier molecular flexibility index (Phi) is 5.15. The minimum absolute atomic E-state index is 0.306. The number of H-pyrrole nitrogens is 1. The number of amides is 1. The Morgan fingerprint density at radius 3 is 2.38 bits per heavy atom. The molecule has 10 heteroatoms. The molecule has 0 radical (unpaired) electrons. The van der Waals surface area contributed by atoms with E-state index in [1.54, 1.807) is 0 Å². The van der Waals surface area contributed by atoms with Crippen molar-refractivity contribution < 1.29 is 22.8 Å². The van der Waals surface area contributed by atoms with Gasteiger partial charge in [0.15, 0.2) is 16.6 Å². The van der Waals surface area contributed by atoms with E-state index in [-0.39, 0.29) is 0 Å². The van der Waals surface area contributed by atoms with Gasteiger partial charge in [0.05, 0.1) is 0 Å². The first-order valence-electron chi connectivity index (χ1n) is 5.59. The maximum Gasteiger partial charge on any atom is 0.433 e. The van der Waals surface area contributed by atoms with Gasteiger partial charge in [-0.15, -0.1) is 0 Å². The molecule has 1 heterocycles. The van der Waals surface area contributed by atoms with Crippen LogP contribution < -0.4 is 5.56 Å². The number of nitrogens with zero attached hydrogens (tertiary/aromatic N) is 2. The summed E-state index contributed by atoms with van der Waals surface area (Å²) < 4.78 is 37.7. The van der Waals surface area contributed by atoms with Gasteiger partial charge in [-0.1, -0.05) is 11.8 Å². The summed E-state index contributed by atoms with van der Waals surface area (Å²) in [7, 11) is 2.81. The summed E-state index contributed by atoms with van der Waals surface area (Å²) in [5.41, 5.74) is -2.40. The van der Waals surface area contributed by atoms with Crippen molar-refractivity contribution in [2.75, 3.05) is 14.1 Å². The van der Waals surface area contributed by atoms with Crippen molar-refractivity contribution in [2.45, 2.75) is 23.5 Å². The maximum absolute atomic E-state index is 12.6. The summed E-state index contributed by atoms with van der Waals surface area (Å²) in [5.74, 6) is -1.16. The molecule has 1 rings (SSSR count). The van der Waals surface area contributed by atoms with Gasteiger partial charge in [-0.3, -0.25) is 14.4 Å². The van der Waals surface area contributed by atoms with Gasteiger partial charge in [-0.05, 0) is 6.92 Å². The van der Waals surface area contributed by atoms with Gasteiger partial charge in [0.2, 0.25) is 5.91 Å². The van der Waals surface area contributed by atoms with E-state index in [1.165, 1.54) is 14.1 Å². The van der Waals surface area contributed by atoms with E-state index < -0.39 is 39.5 Å². The van der Waals surface area contributed by atoms with Gasteiger partial charge in [0, 0.05) is 20.2 Å². The van der Waals surface area contributed by atoms with Crippen LogP contribution in [-0.2, 0) is 15.8 Å². The maximum atomic E-state index is 12.6. The SMILES string of the molecule is CC(=O)[C@H](Sc1nc(C(F)(F)F)cc(=O)[nH]1)C(=O)N(C)C. The molecule has 0 bridgehead atoms. The van der Waals surface area contributed by atoms with Gasteiger partial charge in [0.1, 0.15) is 5.25 Å². The molecular weight excluding hydrogens is 311 g/mol. The fraction of sp³-hybridized carbons (Fsp3) is 0.455. The molecule has 1 aromatic heterocycles. The number of Topliss-reactive ketones (excluding diaryl/α,β-unsaturated/α-hetero) is 1. The third kappa shape index (κ3) is 4.59. The van der Waals surface area contributed by atoms with E-state index in [1.807, 2.05) is 0 Å². The Labute approximate surface area is 121 Å². The van der Waals surface area contributed by atoms with Gasteiger partial charge >= 0.3 is 6.18 Å². The lowest BCUT2D eigenvalue weighted by Gasteiger charge is -2.17. The summed E-state index contributed by atoms with van der Waals surface area (Å²) >= 11 is 0.470. The van der Waals surface area contributed by atoms with E-state index in [0.717, 1.165) is 11.8 Å². The highest BCUT2D eigenvalue weighted by Crippen LogP contribution is 2.28. The van der Waals surface area contributed by atoms with Crippen LogP contribution in [0.4, 0.5) is 13.2 Å². The number of hydrogen-bond acceptors (Lipinski definition) is 5. The largest absolute Gasteiger partial charge is 0.433 e. The molecule has 0 saturated heterocycles. The zero-order valence-corrected chi connectivity index (χ0v) is 12.1. The number of thioether (sulfide) groups is 1. The second kappa shape index (κ2) is 6.29. The van der Waals surface area contributed by atoms with E-state index >= 15 is 0 Å². The fourth-order valence-electron chi connectivity index (χ4n) is 1.29. The lowest BCUT2D eigenvalue weighted by molar-refractivity contribution is -0.141. The highest BCUT2D eigenvalue weighted by atomic mass is 32.2. The fourth-order valence-corrected chi connectivity index (χ4v) is 2.30. The van der Waals surface area contributed by atoms with Crippen molar-refractivity contribution in [2.24, 2.45) is 0 Å². The molecule has 21 heavy (non-hydrogen) atoms. The molecule has 1 atom stereocenters. The molecule has 6 nitrogen and oxygen atoms in total. The number of aromatic amines is 1. The molecule has 0 saturated carbocycles. The molecule has 0 aliphatic carbocycles. The van der Waals surface area contributed by atoms with E-state index in [0.29, 0.717) is 17.8 Å². The first-order valence-corrected chi connectivity index (χ1v) is 6.47. The van der Waals surface area contributed by atoms with Crippen molar-refractivity contribution >= 4 is 23.5 Å². The third-order valence-corrected chi connectivity index (χ3v) is 3.46. The predicted molar refractivity (Wildman–Crippen MR) is 68.9 cm³/mol. The lowest BCUT2D eigenvalue weighted by Crippen LogP contribution is -2.36. The Bertz CT molecular complexity index is 613. The summed E-state index contributed by atoms with van der Waals surface area (Å²) in [6.07, 6.45) is -4.79. The highest BCUT2D eigenvalue weighted by Gasteiger charge is 2.34. The van der Waals surface area contributed by atoms with Crippen LogP contribution in [0, 0.1) is 0 Å². The average Bonchev–Trinajstić information content (AvgIpc) is 2.32. The third-order valence-electron chi connectivity index (χ3n) is 2.27. The monoisotopic (exact) mass is 323 g/mol. The number of carbonyl (C=O) groups is 2. The first kappa shape index (κ1) is 17.2. The molecule has 0 aliphatic heterocycles. The molecule has 0 unspecified atom stereocenters. The van der Waals surface area contributed by atoms with Crippen molar-refractivity contribution in [3.05, 3.63) is 22.1 Å². The van der Waals surface area contributed by atoms with Gasteiger partial charge in [-0.2, -0.15) is 13.2 Å². The van der Waals surface area contributed by atoms with Crippen LogP contribution in [0.2, 0.25) is 0 Å². The van der Waals surface area contributed by atoms with Crippen LogP contribution >= 0.6 is 11.8 Å². The number of alkyl halides is 3. The molecule has 0 aliphatic rings. The van der Waals surface area contributed by atoms with Gasteiger partial charge in [-0.25, -0.2) is 4.98 Å². The minimum Gasteiger partial charge on any atom is -0.347 e. The van der Waals surface area contributed by atoms with Crippen LogP contribution in [0.1, 0.15) is 12.6 Å². The highest BCUT2D eigenvalue weighted by molar-refractivity contribution is 8.01. The summed E-state index contributed by atoms with van der Waals surface area (Å²) in [6, 6.07) is 0.306. The number of halogens is 3. The number of carbonyl (C=O) groups excluding carboxylic acids is 2. The molecule has 0 spiro atoms. The Morgan fingerprint density at radius 1 is 1.38 bits per heavy atom. The topological polar surface area (TPSA) is 83.1 Å². The van der Waals surface area contributed by atoms with Crippen molar-refractivity contribution in [3.63, 3.8) is 0 Å². The van der Waals surface area contributed by atoms with Crippen LogP contribution in [0.25, 0.3) is 0 Å². The summed E-state index contributed by atoms with van der Waals surface area (Å²) in [5, 5.41) is -1.71. The second-order valence-electron chi connectivity index (χ2n) is 4.27. The van der Waals surface area contributed by atoms with Crippen LogP contribution in [0.15, 0.2) is 16.0 Å². The smallest absolute Gasteiger partial charge is 0.347 e. The number of aromatic nitrogens is 2.